The van der Waals surface area contributed by atoms with Crippen LogP contribution in [-0.2, 0) is 11.3 Å². The first-order chi connectivity index (χ1) is 13.6. The number of rotatable bonds is 6. The number of hydrogen-bond donors (Lipinski definition) is 2. The molecule has 2 N–H and O–H groups in total. The van der Waals surface area contributed by atoms with Crippen LogP contribution >= 0.6 is 0 Å². The summed E-state index contributed by atoms with van der Waals surface area (Å²) in [5.74, 6) is -1.04. The number of amides is 1. The molecule has 0 aliphatic carbocycles. The monoisotopic (exact) mass is 373 g/mol. The van der Waals surface area contributed by atoms with Gasteiger partial charge in [0, 0.05) is 40.9 Å². The second-order valence-electron chi connectivity index (χ2n) is 7.11. The minimum atomic E-state index is -0.554. The SMILES string of the molecule is Cc1[nH]c2ccccc2c1C(=O)C(=O)NCCCn1c(C)cc2ccccc21. The van der Waals surface area contributed by atoms with Gasteiger partial charge in [0.2, 0.25) is 0 Å². The van der Waals surface area contributed by atoms with Gasteiger partial charge in [-0.2, -0.15) is 0 Å². The molecule has 0 saturated heterocycles. The van der Waals surface area contributed by atoms with Crippen LogP contribution in [-0.4, -0.2) is 27.8 Å². The molecule has 0 atom stereocenters. The Morgan fingerprint density at radius 2 is 1.79 bits per heavy atom. The third-order valence-corrected chi connectivity index (χ3v) is 5.19. The molecule has 0 spiro atoms. The Morgan fingerprint density at radius 1 is 1.04 bits per heavy atom. The van der Waals surface area contributed by atoms with E-state index in [1.165, 1.54) is 16.6 Å². The summed E-state index contributed by atoms with van der Waals surface area (Å²) in [6.07, 6.45) is 0.755. The molecule has 0 aliphatic heterocycles. The third kappa shape index (κ3) is 3.20. The van der Waals surface area contributed by atoms with E-state index in [1.807, 2.05) is 43.3 Å². The van der Waals surface area contributed by atoms with Crippen LogP contribution in [0.2, 0.25) is 0 Å². The van der Waals surface area contributed by atoms with Gasteiger partial charge in [-0.3, -0.25) is 9.59 Å². The maximum Gasteiger partial charge on any atom is 0.292 e. The number of nitrogens with zero attached hydrogens (tertiary/aromatic N) is 1. The van der Waals surface area contributed by atoms with Gasteiger partial charge in [0.25, 0.3) is 11.7 Å². The summed E-state index contributed by atoms with van der Waals surface area (Å²) in [6.45, 7) is 5.15. The molecule has 5 heteroatoms. The van der Waals surface area contributed by atoms with E-state index < -0.39 is 11.7 Å². The van der Waals surface area contributed by atoms with Crippen molar-refractivity contribution in [2.45, 2.75) is 26.8 Å². The molecule has 0 bridgehead atoms. The van der Waals surface area contributed by atoms with Crippen LogP contribution in [0.5, 0.6) is 0 Å². The summed E-state index contributed by atoms with van der Waals surface area (Å²) >= 11 is 0. The van der Waals surface area contributed by atoms with Crippen LogP contribution in [0.25, 0.3) is 21.8 Å². The third-order valence-electron chi connectivity index (χ3n) is 5.19. The molecule has 0 unspecified atom stereocenters. The van der Waals surface area contributed by atoms with Gasteiger partial charge in [0.15, 0.2) is 0 Å². The van der Waals surface area contributed by atoms with Crippen molar-refractivity contribution in [3.05, 3.63) is 71.5 Å². The molecule has 28 heavy (non-hydrogen) atoms. The maximum absolute atomic E-state index is 12.7. The van der Waals surface area contributed by atoms with Gasteiger partial charge in [-0.1, -0.05) is 36.4 Å². The first kappa shape index (κ1) is 18.0. The molecule has 142 valence electrons. The van der Waals surface area contributed by atoms with E-state index in [0.717, 1.165) is 29.6 Å². The number of hydrogen-bond acceptors (Lipinski definition) is 2. The second kappa shape index (κ2) is 7.35. The van der Waals surface area contributed by atoms with Gasteiger partial charge in [-0.25, -0.2) is 0 Å². The second-order valence-corrected chi connectivity index (χ2v) is 7.11. The van der Waals surface area contributed by atoms with E-state index in [4.69, 9.17) is 0 Å². The molecule has 2 aromatic carbocycles. The highest BCUT2D eigenvalue weighted by Gasteiger charge is 2.22. The van der Waals surface area contributed by atoms with Crippen LogP contribution in [0.15, 0.2) is 54.6 Å². The summed E-state index contributed by atoms with van der Waals surface area (Å²) < 4.78 is 2.24. The zero-order valence-electron chi connectivity index (χ0n) is 16.1. The first-order valence-electron chi connectivity index (χ1n) is 9.51. The molecule has 0 fully saturated rings. The van der Waals surface area contributed by atoms with Gasteiger partial charge in [-0.05, 0) is 43.9 Å². The molecule has 1 amide bonds. The van der Waals surface area contributed by atoms with E-state index in [9.17, 15) is 9.59 Å². The Bertz CT molecular complexity index is 1180. The van der Waals surface area contributed by atoms with E-state index in [2.05, 4.69) is 40.0 Å². The molecule has 2 heterocycles. The molecule has 4 rings (SSSR count). The highest BCUT2D eigenvalue weighted by Crippen LogP contribution is 2.22. The quantitative estimate of drug-likeness (QED) is 0.303. The Morgan fingerprint density at radius 3 is 2.64 bits per heavy atom. The number of benzene rings is 2. The number of aryl methyl sites for hydroxylation is 3. The largest absolute Gasteiger partial charge is 0.358 e. The summed E-state index contributed by atoms with van der Waals surface area (Å²) in [5, 5.41) is 4.78. The van der Waals surface area contributed by atoms with Gasteiger partial charge in [0.1, 0.15) is 0 Å². The summed E-state index contributed by atoms with van der Waals surface area (Å²) in [7, 11) is 0. The van der Waals surface area contributed by atoms with Crippen molar-refractivity contribution in [3.63, 3.8) is 0 Å². The number of H-pyrrole nitrogens is 1. The van der Waals surface area contributed by atoms with Gasteiger partial charge in [-0.15, -0.1) is 0 Å². The standard InChI is InChI=1S/C23H23N3O2/c1-15-14-17-8-3-6-11-20(17)26(15)13-7-12-24-23(28)22(27)21-16(2)25-19-10-5-4-9-18(19)21/h3-6,8-11,14,25H,7,12-13H2,1-2H3,(H,24,28). The van der Waals surface area contributed by atoms with Gasteiger partial charge in [0.05, 0.1) is 5.56 Å². The van der Waals surface area contributed by atoms with Crippen molar-refractivity contribution in [2.75, 3.05) is 6.54 Å². The Kier molecular flexibility index (Phi) is 4.74. The predicted octanol–water partition coefficient (Wildman–Crippen LogP) is 4.13. The Balaban J connectivity index is 1.40. The minimum Gasteiger partial charge on any atom is -0.358 e. The first-order valence-corrected chi connectivity index (χ1v) is 9.51. The molecule has 0 radical (unpaired) electrons. The fraction of sp³-hybridized carbons (Fsp3) is 0.217. The minimum absolute atomic E-state index is 0.456. The predicted molar refractivity (Wildman–Crippen MR) is 112 cm³/mol. The molecule has 2 aromatic heterocycles. The van der Waals surface area contributed by atoms with Crippen molar-refractivity contribution < 1.29 is 9.59 Å². The average molecular weight is 373 g/mol. The van der Waals surface area contributed by atoms with Crippen molar-refractivity contribution in [3.8, 4) is 0 Å². The Labute approximate surface area is 163 Å². The van der Waals surface area contributed by atoms with E-state index in [0.29, 0.717) is 12.1 Å². The molecule has 4 aromatic rings. The number of carbonyl (C=O) groups excluding carboxylic acids is 2. The van der Waals surface area contributed by atoms with Crippen LogP contribution in [0.1, 0.15) is 28.2 Å². The fourth-order valence-corrected chi connectivity index (χ4v) is 3.85. The Hall–Kier alpha value is -3.34. The maximum atomic E-state index is 12.7. The lowest BCUT2D eigenvalue weighted by Gasteiger charge is -2.09. The van der Waals surface area contributed by atoms with Crippen molar-refractivity contribution in [2.24, 2.45) is 0 Å². The number of carbonyl (C=O) groups is 2. The number of ketones is 1. The van der Waals surface area contributed by atoms with E-state index in [-0.39, 0.29) is 0 Å². The van der Waals surface area contributed by atoms with Crippen molar-refractivity contribution >= 4 is 33.5 Å². The van der Waals surface area contributed by atoms with E-state index >= 15 is 0 Å². The van der Waals surface area contributed by atoms with Crippen LogP contribution in [0, 0.1) is 13.8 Å². The zero-order valence-corrected chi connectivity index (χ0v) is 16.1. The topological polar surface area (TPSA) is 66.9 Å². The average Bonchev–Trinajstić information content (AvgIpc) is 3.19. The number of aromatic amines is 1. The lowest BCUT2D eigenvalue weighted by molar-refractivity contribution is -0.117. The highest BCUT2D eigenvalue weighted by molar-refractivity contribution is 6.45. The van der Waals surface area contributed by atoms with E-state index in [1.54, 1.807) is 0 Å². The molecule has 5 nitrogen and oxygen atoms in total. The molecular weight excluding hydrogens is 350 g/mol. The molecular formula is C23H23N3O2. The number of Topliss-reactive ketones (excluding diaryl/α,β-unsaturated/α-hetero) is 1. The smallest absolute Gasteiger partial charge is 0.292 e. The highest BCUT2D eigenvalue weighted by atomic mass is 16.2. The molecule has 0 saturated carbocycles. The summed E-state index contributed by atoms with van der Waals surface area (Å²) in [4.78, 5) is 28.2. The summed E-state index contributed by atoms with van der Waals surface area (Å²) in [6, 6.07) is 18.0. The van der Waals surface area contributed by atoms with Gasteiger partial charge >= 0.3 is 0 Å². The summed E-state index contributed by atoms with van der Waals surface area (Å²) in [5.41, 5.74) is 4.43. The number of nitrogens with one attached hydrogen (secondary N) is 2. The zero-order chi connectivity index (χ0) is 19.7. The van der Waals surface area contributed by atoms with Gasteiger partial charge < -0.3 is 14.9 Å². The number of fused-ring (bicyclic) bond motifs is 2. The normalized spacial score (nSPS) is 11.2. The fourth-order valence-electron chi connectivity index (χ4n) is 3.85. The van der Waals surface area contributed by atoms with Crippen LogP contribution in [0.4, 0.5) is 0 Å². The van der Waals surface area contributed by atoms with Crippen LogP contribution < -0.4 is 5.32 Å². The number of para-hydroxylation sites is 2. The van der Waals surface area contributed by atoms with Crippen LogP contribution in [0.3, 0.4) is 0 Å². The number of aromatic nitrogens is 2. The lowest BCUT2D eigenvalue weighted by Crippen LogP contribution is -2.32. The van der Waals surface area contributed by atoms with Crippen molar-refractivity contribution in [1.29, 1.82) is 0 Å². The lowest BCUT2D eigenvalue weighted by atomic mass is 10.1. The van der Waals surface area contributed by atoms with Crippen molar-refractivity contribution in [1.82, 2.24) is 14.9 Å². The molecule has 0 aliphatic rings.